The second-order valence-corrected chi connectivity index (χ2v) is 7.31. The fourth-order valence-electron chi connectivity index (χ4n) is 2.54. The second-order valence-electron chi connectivity index (χ2n) is 5.48. The summed E-state index contributed by atoms with van der Waals surface area (Å²) in [5.41, 5.74) is 4.78. The van der Waals surface area contributed by atoms with Gasteiger partial charge in [-0.2, -0.15) is 4.31 Å². The van der Waals surface area contributed by atoms with Crippen molar-refractivity contribution in [2.45, 2.75) is 37.1 Å². The van der Waals surface area contributed by atoms with Gasteiger partial charge in [-0.15, -0.1) is 0 Å². The minimum Gasteiger partial charge on any atom is -0.399 e. The summed E-state index contributed by atoms with van der Waals surface area (Å²) in [6.07, 6.45) is 1.46. The zero-order valence-electron chi connectivity index (χ0n) is 11.4. The number of nitrogen functional groups attached to an aromatic ring is 1. The third-order valence-corrected chi connectivity index (χ3v) is 5.71. The van der Waals surface area contributed by atoms with Crippen molar-refractivity contribution in [3.63, 3.8) is 0 Å². The first-order valence-electron chi connectivity index (χ1n) is 6.23. The van der Waals surface area contributed by atoms with E-state index in [1.165, 1.54) is 10.4 Å². The lowest BCUT2D eigenvalue weighted by molar-refractivity contribution is -0.387. The molecule has 0 aliphatic carbocycles. The van der Waals surface area contributed by atoms with E-state index in [2.05, 4.69) is 0 Å². The Kier molecular flexibility index (Phi) is 3.47. The molecule has 7 nitrogen and oxygen atoms in total. The van der Waals surface area contributed by atoms with Gasteiger partial charge in [-0.25, -0.2) is 8.42 Å². The molecule has 1 aromatic rings. The number of anilines is 1. The van der Waals surface area contributed by atoms with Crippen molar-refractivity contribution in [1.29, 1.82) is 0 Å². The molecule has 0 atom stereocenters. The highest BCUT2D eigenvalue weighted by molar-refractivity contribution is 7.89. The molecule has 0 amide bonds. The van der Waals surface area contributed by atoms with Gasteiger partial charge in [0.15, 0.2) is 4.90 Å². The van der Waals surface area contributed by atoms with Crippen LogP contribution in [0.15, 0.2) is 23.1 Å². The number of nitro benzene ring substituents is 1. The highest BCUT2D eigenvalue weighted by Crippen LogP contribution is 2.37. The largest absolute Gasteiger partial charge is 0.399 e. The second kappa shape index (κ2) is 4.71. The molecule has 1 heterocycles. The first kappa shape index (κ1) is 14.7. The summed E-state index contributed by atoms with van der Waals surface area (Å²) in [6.45, 7) is 3.99. The van der Waals surface area contributed by atoms with Gasteiger partial charge in [0.1, 0.15) is 0 Å². The molecular formula is C12H17N3O4S. The van der Waals surface area contributed by atoms with Crippen LogP contribution in [0.25, 0.3) is 0 Å². The summed E-state index contributed by atoms with van der Waals surface area (Å²) in [5, 5.41) is 11.0. The molecule has 2 N–H and O–H groups in total. The van der Waals surface area contributed by atoms with Crippen molar-refractivity contribution in [3.8, 4) is 0 Å². The summed E-state index contributed by atoms with van der Waals surface area (Å²) in [7, 11) is -3.93. The quantitative estimate of drug-likeness (QED) is 0.519. The third-order valence-electron chi connectivity index (χ3n) is 3.57. The van der Waals surface area contributed by atoms with E-state index in [-0.39, 0.29) is 10.6 Å². The lowest BCUT2D eigenvalue weighted by atomic mass is 10.0. The number of nitrogens with zero attached hydrogens (tertiary/aromatic N) is 2. The van der Waals surface area contributed by atoms with Gasteiger partial charge in [0, 0.05) is 23.8 Å². The molecule has 0 aromatic heterocycles. The summed E-state index contributed by atoms with van der Waals surface area (Å²) in [5.74, 6) is 0. The molecule has 1 aliphatic heterocycles. The fraction of sp³-hybridized carbons (Fsp3) is 0.500. The molecule has 0 saturated carbocycles. The maximum Gasteiger partial charge on any atom is 0.289 e. The van der Waals surface area contributed by atoms with E-state index in [0.717, 1.165) is 25.0 Å². The van der Waals surface area contributed by atoms with E-state index in [0.29, 0.717) is 6.54 Å². The molecule has 8 heteroatoms. The highest BCUT2D eigenvalue weighted by Gasteiger charge is 2.43. The standard InChI is InChI=1S/C12H17N3O4S/c1-12(2)6-3-7-14(12)20(18,19)11-8-9(13)4-5-10(11)15(16)17/h4-5,8H,3,6-7,13H2,1-2H3. The van der Waals surface area contributed by atoms with Gasteiger partial charge in [-0.1, -0.05) is 0 Å². The lowest BCUT2D eigenvalue weighted by Crippen LogP contribution is -2.42. The van der Waals surface area contributed by atoms with Crippen molar-refractivity contribution >= 4 is 21.4 Å². The van der Waals surface area contributed by atoms with Crippen LogP contribution in [0.3, 0.4) is 0 Å². The monoisotopic (exact) mass is 299 g/mol. The first-order valence-corrected chi connectivity index (χ1v) is 7.67. The Labute approximate surface area is 117 Å². The van der Waals surface area contributed by atoms with Crippen LogP contribution in [0.2, 0.25) is 0 Å². The van der Waals surface area contributed by atoms with Crippen LogP contribution >= 0.6 is 0 Å². The Bertz CT molecular complexity index is 655. The maximum atomic E-state index is 12.7. The molecule has 1 saturated heterocycles. The average molecular weight is 299 g/mol. The van der Waals surface area contributed by atoms with Gasteiger partial charge >= 0.3 is 0 Å². The molecule has 0 spiro atoms. The number of benzene rings is 1. The normalized spacial score (nSPS) is 19.1. The van der Waals surface area contributed by atoms with Gasteiger partial charge in [0.2, 0.25) is 10.0 Å². The van der Waals surface area contributed by atoms with Gasteiger partial charge in [-0.3, -0.25) is 10.1 Å². The topological polar surface area (TPSA) is 107 Å². The number of hydrogen-bond donors (Lipinski definition) is 1. The Balaban J connectivity index is 2.60. The smallest absolute Gasteiger partial charge is 0.289 e. The Morgan fingerprint density at radius 1 is 1.40 bits per heavy atom. The van der Waals surface area contributed by atoms with Crippen molar-refractivity contribution in [3.05, 3.63) is 28.3 Å². The highest BCUT2D eigenvalue weighted by atomic mass is 32.2. The van der Waals surface area contributed by atoms with Crippen LogP contribution in [0.5, 0.6) is 0 Å². The van der Waals surface area contributed by atoms with E-state index in [4.69, 9.17) is 5.73 Å². The SMILES string of the molecule is CC1(C)CCCN1S(=O)(=O)c1cc(N)ccc1[N+](=O)[O-]. The summed E-state index contributed by atoms with van der Waals surface area (Å²) in [4.78, 5) is 10.0. The van der Waals surface area contributed by atoms with Crippen LogP contribution in [-0.2, 0) is 10.0 Å². The number of sulfonamides is 1. The number of nitro groups is 1. The molecule has 0 unspecified atom stereocenters. The van der Waals surface area contributed by atoms with Gasteiger partial charge < -0.3 is 5.73 Å². The fourth-order valence-corrected chi connectivity index (χ4v) is 4.58. The molecule has 1 fully saturated rings. The molecule has 1 aliphatic rings. The van der Waals surface area contributed by atoms with Crippen LogP contribution < -0.4 is 5.73 Å². The summed E-state index contributed by atoms with van der Waals surface area (Å²) >= 11 is 0. The van der Waals surface area contributed by atoms with E-state index >= 15 is 0 Å². The zero-order valence-corrected chi connectivity index (χ0v) is 12.2. The Morgan fingerprint density at radius 3 is 2.55 bits per heavy atom. The van der Waals surface area contributed by atoms with Crippen molar-refractivity contribution in [2.75, 3.05) is 12.3 Å². The molecule has 0 radical (unpaired) electrons. The van der Waals surface area contributed by atoms with Gasteiger partial charge in [0.05, 0.1) is 4.92 Å². The van der Waals surface area contributed by atoms with Gasteiger partial charge in [-0.05, 0) is 38.8 Å². The number of rotatable bonds is 3. The van der Waals surface area contributed by atoms with E-state index in [9.17, 15) is 18.5 Å². The van der Waals surface area contributed by atoms with Crippen molar-refractivity contribution in [1.82, 2.24) is 4.31 Å². The molecule has 2 rings (SSSR count). The number of hydrogen-bond acceptors (Lipinski definition) is 5. The van der Waals surface area contributed by atoms with Crippen molar-refractivity contribution in [2.24, 2.45) is 0 Å². The molecule has 0 bridgehead atoms. The van der Waals surface area contributed by atoms with Gasteiger partial charge in [0.25, 0.3) is 5.69 Å². The predicted octanol–water partition coefficient (Wildman–Crippen LogP) is 1.74. The van der Waals surface area contributed by atoms with Crippen LogP contribution in [0.1, 0.15) is 26.7 Å². The van der Waals surface area contributed by atoms with Crippen molar-refractivity contribution < 1.29 is 13.3 Å². The minimum atomic E-state index is -3.93. The lowest BCUT2D eigenvalue weighted by Gasteiger charge is -2.30. The Hall–Kier alpha value is -1.67. The van der Waals surface area contributed by atoms with E-state index in [1.54, 1.807) is 0 Å². The summed E-state index contributed by atoms with van der Waals surface area (Å²) in [6, 6.07) is 3.61. The molecule has 110 valence electrons. The van der Waals surface area contributed by atoms with E-state index < -0.39 is 26.2 Å². The summed E-state index contributed by atoms with van der Waals surface area (Å²) < 4.78 is 26.7. The van der Waals surface area contributed by atoms with Crippen LogP contribution in [0, 0.1) is 10.1 Å². The average Bonchev–Trinajstić information content (AvgIpc) is 2.69. The van der Waals surface area contributed by atoms with Crippen LogP contribution in [0.4, 0.5) is 11.4 Å². The number of nitrogens with two attached hydrogens (primary N) is 1. The molecule has 1 aromatic carbocycles. The Morgan fingerprint density at radius 2 is 2.05 bits per heavy atom. The van der Waals surface area contributed by atoms with Crippen LogP contribution in [-0.4, -0.2) is 29.7 Å². The molecule has 20 heavy (non-hydrogen) atoms. The first-order chi connectivity index (χ1) is 9.16. The molecular weight excluding hydrogens is 282 g/mol. The van der Waals surface area contributed by atoms with E-state index in [1.807, 2.05) is 13.8 Å². The maximum absolute atomic E-state index is 12.7. The minimum absolute atomic E-state index is 0.186. The third kappa shape index (κ3) is 2.36. The zero-order chi connectivity index (χ0) is 15.1. The predicted molar refractivity (Wildman–Crippen MR) is 74.7 cm³/mol.